The minimum Gasteiger partial charge on any atom is -0.379 e. The number of hydrogen-bond donors (Lipinski definition) is 1. The summed E-state index contributed by atoms with van der Waals surface area (Å²) in [5.74, 6) is -0.744. The first-order chi connectivity index (χ1) is 8.95. The second-order valence-corrected chi connectivity index (χ2v) is 6.05. The Morgan fingerprint density at radius 3 is 2.32 bits per heavy atom. The highest BCUT2D eigenvalue weighted by Crippen LogP contribution is 2.32. The van der Waals surface area contributed by atoms with Crippen LogP contribution in [0.2, 0.25) is 5.02 Å². The van der Waals surface area contributed by atoms with E-state index in [4.69, 9.17) is 11.6 Å². The van der Waals surface area contributed by atoms with Gasteiger partial charge in [0.05, 0.1) is 10.7 Å². The summed E-state index contributed by atoms with van der Waals surface area (Å²) in [7, 11) is 0. The normalized spacial score (nSPS) is 10.6. The molecule has 0 amide bonds. The van der Waals surface area contributed by atoms with E-state index >= 15 is 0 Å². The molecule has 1 nitrogen and oxygen atoms in total. The fourth-order valence-corrected chi connectivity index (χ4v) is 3.09. The number of hydrogen-bond acceptors (Lipinski definition) is 1. The van der Waals surface area contributed by atoms with Crippen LogP contribution in [0.3, 0.4) is 0 Å². The summed E-state index contributed by atoms with van der Waals surface area (Å²) in [5.41, 5.74) is 1.32. The van der Waals surface area contributed by atoms with Crippen molar-refractivity contribution >= 4 is 49.1 Å². The highest BCUT2D eigenvalue weighted by Gasteiger charge is 2.08. The molecule has 6 heteroatoms. The summed E-state index contributed by atoms with van der Waals surface area (Å²) in [6.45, 7) is 0.375. The van der Waals surface area contributed by atoms with Gasteiger partial charge in [0.25, 0.3) is 0 Å². The Morgan fingerprint density at radius 1 is 1.00 bits per heavy atom. The number of nitrogens with one attached hydrogen (secondary N) is 1. The van der Waals surface area contributed by atoms with Crippen molar-refractivity contribution in [3.05, 3.63) is 61.5 Å². The third kappa shape index (κ3) is 3.91. The van der Waals surface area contributed by atoms with Crippen LogP contribution >= 0.6 is 43.5 Å². The number of rotatable bonds is 3. The predicted molar refractivity (Wildman–Crippen MR) is 80.5 cm³/mol. The quantitative estimate of drug-likeness (QED) is 0.678. The molecule has 0 saturated heterocycles. The lowest BCUT2D eigenvalue weighted by Gasteiger charge is -2.11. The van der Waals surface area contributed by atoms with Crippen LogP contribution in [0, 0.1) is 11.6 Å². The SMILES string of the molecule is Fc1cc(Br)cc(CNc2c(Cl)cc(F)cc2Br)c1. The van der Waals surface area contributed by atoms with Gasteiger partial charge in [-0.1, -0.05) is 27.5 Å². The average molecular weight is 411 g/mol. The third-order valence-corrected chi connectivity index (χ3v) is 3.78. The van der Waals surface area contributed by atoms with Crippen LogP contribution in [0.1, 0.15) is 5.56 Å². The Bertz CT molecular complexity index is 576. The standard InChI is InChI=1S/C13H8Br2ClF2N/c14-8-1-7(2-9(17)3-8)6-19-13-11(15)4-10(18)5-12(13)16/h1-5,19H,6H2. The minimum atomic E-state index is -0.420. The zero-order chi connectivity index (χ0) is 14.0. The van der Waals surface area contributed by atoms with Crippen LogP contribution in [0.25, 0.3) is 0 Å². The van der Waals surface area contributed by atoms with Crippen molar-refractivity contribution in [2.45, 2.75) is 6.54 Å². The van der Waals surface area contributed by atoms with Crippen molar-refractivity contribution in [2.75, 3.05) is 5.32 Å². The van der Waals surface area contributed by atoms with Gasteiger partial charge in [0.2, 0.25) is 0 Å². The summed E-state index contributed by atoms with van der Waals surface area (Å²) in [5, 5.41) is 3.31. The van der Waals surface area contributed by atoms with Gasteiger partial charge < -0.3 is 5.32 Å². The van der Waals surface area contributed by atoms with Gasteiger partial charge in [0, 0.05) is 15.5 Å². The molecule has 0 heterocycles. The molecule has 2 rings (SSSR count). The zero-order valence-electron chi connectivity index (χ0n) is 9.48. The molecule has 0 saturated carbocycles. The summed E-state index contributed by atoms with van der Waals surface area (Å²) >= 11 is 12.4. The van der Waals surface area contributed by atoms with Gasteiger partial charge in [-0.25, -0.2) is 8.78 Å². The summed E-state index contributed by atoms with van der Waals surface area (Å²) in [6, 6.07) is 7.13. The Kier molecular flexibility index (Phi) is 4.81. The Hall–Kier alpha value is -0.650. The number of anilines is 1. The molecule has 0 unspecified atom stereocenters. The first-order valence-corrected chi connectivity index (χ1v) is 7.25. The molecule has 1 N–H and O–H groups in total. The smallest absolute Gasteiger partial charge is 0.125 e. The van der Waals surface area contributed by atoms with Crippen LogP contribution in [-0.4, -0.2) is 0 Å². The maximum atomic E-state index is 13.2. The number of benzene rings is 2. The summed E-state index contributed by atoms with van der Waals surface area (Å²) < 4.78 is 27.5. The van der Waals surface area contributed by atoms with E-state index in [0.717, 1.165) is 5.56 Å². The molecular formula is C13H8Br2ClF2N. The lowest BCUT2D eigenvalue weighted by Crippen LogP contribution is -2.01. The van der Waals surface area contributed by atoms with Crippen molar-refractivity contribution in [3.63, 3.8) is 0 Å². The lowest BCUT2D eigenvalue weighted by atomic mass is 10.2. The predicted octanol–water partition coefficient (Wildman–Crippen LogP) is 5.76. The Morgan fingerprint density at radius 2 is 1.68 bits per heavy atom. The van der Waals surface area contributed by atoms with Gasteiger partial charge >= 0.3 is 0 Å². The highest BCUT2D eigenvalue weighted by atomic mass is 79.9. The van der Waals surface area contributed by atoms with E-state index in [1.807, 2.05) is 0 Å². The first kappa shape index (κ1) is 14.8. The molecule has 19 heavy (non-hydrogen) atoms. The van der Waals surface area contributed by atoms with E-state index in [9.17, 15) is 8.78 Å². The van der Waals surface area contributed by atoms with E-state index in [2.05, 4.69) is 37.2 Å². The zero-order valence-corrected chi connectivity index (χ0v) is 13.4. The van der Waals surface area contributed by atoms with E-state index in [0.29, 0.717) is 21.2 Å². The first-order valence-electron chi connectivity index (χ1n) is 5.29. The molecular weight excluding hydrogens is 403 g/mol. The molecule has 2 aromatic rings. The van der Waals surface area contributed by atoms with E-state index in [1.54, 1.807) is 6.07 Å². The van der Waals surface area contributed by atoms with Crippen LogP contribution in [0.5, 0.6) is 0 Å². The van der Waals surface area contributed by atoms with Crippen LogP contribution < -0.4 is 5.32 Å². The highest BCUT2D eigenvalue weighted by molar-refractivity contribution is 9.10. The number of halogens is 5. The molecule has 0 bridgehead atoms. The van der Waals surface area contributed by atoms with Gasteiger partial charge in [-0.2, -0.15) is 0 Å². The van der Waals surface area contributed by atoms with Crippen LogP contribution in [0.4, 0.5) is 14.5 Å². The fourth-order valence-electron chi connectivity index (χ4n) is 1.61. The Labute approximate surface area is 131 Å². The lowest BCUT2D eigenvalue weighted by molar-refractivity contribution is 0.625. The molecule has 0 atom stereocenters. The van der Waals surface area contributed by atoms with Gasteiger partial charge in [0.15, 0.2) is 0 Å². The maximum Gasteiger partial charge on any atom is 0.125 e. The van der Waals surface area contributed by atoms with Gasteiger partial charge in [-0.05, 0) is 51.8 Å². The van der Waals surface area contributed by atoms with Crippen molar-refractivity contribution in [3.8, 4) is 0 Å². The third-order valence-electron chi connectivity index (χ3n) is 2.40. The molecule has 0 aliphatic heterocycles. The van der Waals surface area contributed by atoms with Crippen molar-refractivity contribution in [1.29, 1.82) is 0 Å². The maximum absolute atomic E-state index is 13.2. The van der Waals surface area contributed by atoms with Crippen LogP contribution in [-0.2, 0) is 6.54 Å². The Balaban J connectivity index is 2.19. The van der Waals surface area contributed by atoms with E-state index < -0.39 is 5.82 Å². The van der Waals surface area contributed by atoms with Gasteiger partial charge in [0.1, 0.15) is 11.6 Å². The van der Waals surface area contributed by atoms with E-state index in [1.165, 1.54) is 24.3 Å². The molecule has 0 spiro atoms. The second kappa shape index (κ2) is 6.20. The monoisotopic (exact) mass is 409 g/mol. The molecule has 0 radical (unpaired) electrons. The fraction of sp³-hybridized carbons (Fsp3) is 0.0769. The summed E-state index contributed by atoms with van der Waals surface area (Å²) in [4.78, 5) is 0. The summed E-state index contributed by atoms with van der Waals surface area (Å²) in [6.07, 6.45) is 0. The van der Waals surface area contributed by atoms with Gasteiger partial charge in [-0.3, -0.25) is 0 Å². The molecule has 0 aliphatic carbocycles. The molecule has 0 aromatic heterocycles. The van der Waals surface area contributed by atoms with E-state index in [-0.39, 0.29) is 10.8 Å². The molecule has 100 valence electrons. The minimum absolute atomic E-state index is 0.266. The molecule has 0 fully saturated rings. The second-order valence-electron chi connectivity index (χ2n) is 3.88. The van der Waals surface area contributed by atoms with Crippen LogP contribution in [0.15, 0.2) is 39.3 Å². The van der Waals surface area contributed by atoms with Crippen molar-refractivity contribution in [2.24, 2.45) is 0 Å². The van der Waals surface area contributed by atoms with Gasteiger partial charge in [-0.15, -0.1) is 0 Å². The average Bonchev–Trinajstić information content (AvgIpc) is 2.25. The molecule has 0 aliphatic rings. The molecule has 2 aromatic carbocycles. The topological polar surface area (TPSA) is 12.0 Å². The largest absolute Gasteiger partial charge is 0.379 e. The van der Waals surface area contributed by atoms with Crippen molar-refractivity contribution < 1.29 is 8.78 Å². The van der Waals surface area contributed by atoms with Crippen molar-refractivity contribution in [1.82, 2.24) is 0 Å².